The average molecular weight is 447 g/mol. The second kappa shape index (κ2) is 9.31. The number of nitrogens with one attached hydrogen (secondary N) is 1. The number of aromatic amines is 1. The third-order valence-electron chi connectivity index (χ3n) is 4.83. The van der Waals surface area contributed by atoms with Gasteiger partial charge in [-0.05, 0) is 48.6 Å². The van der Waals surface area contributed by atoms with Crippen molar-refractivity contribution >= 4 is 22.8 Å². The highest BCUT2D eigenvalue weighted by Crippen LogP contribution is 2.35. The first kappa shape index (κ1) is 23.1. The lowest BCUT2D eigenvalue weighted by Crippen LogP contribution is -2.39. The predicted octanol–water partition coefficient (Wildman–Crippen LogP) is 3.77. The maximum atomic E-state index is 13.2. The molecule has 3 aromatic rings. The summed E-state index contributed by atoms with van der Waals surface area (Å²) in [6.45, 7) is 0.867. The third-order valence-corrected chi connectivity index (χ3v) is 4.83. The zero-order chi connectivity index (χ0) is 23.5. The molecule has 10 heteroatoms. The molecule has 0 saturated carbocycles. The molecule has 1 amide bonds. The van der Waals surface area contributed by atoms with Crippen LogP contribution in [0.4, 0.5) is 13.2 Å². The molecule has 0 fully saturated rings. The molecule has 7 nitrogen and oxygen atoms in total. The molecular weight excluding hydrogens is 423 g/mol. The number of oxime groups is 1. The molecule has 0 unspecified atom stereocenters. The first-order valence-electron chi connectivity index (χ1n) is 9.72. The highest BCUT2D eigenvalue weighted by Gasteiger charge is 2.33. The van der Waals surface area contributed by atoms with Crippen LogP contribution in [0.15, 0.2) is 53.7 Å². The number of nitrogens with zero attached hydrogens (tertiary/aromatic N) is 3. The lowest BCUT2D eigenvalue weighted by molar-refractivity contribution is -0.136. The van der Waals surface area contributed by atoms with E-state index in [2.05, 4.69) is 10.1 Å². The average Bonchev–Trinajstić information content (AvgIpc) is 3.17. The van der Waals surface area contributed by atoms with Gasteiger partial charge in [-0.15, -0.1) is 0 Å². The van der Waals surface area contributed by atoms with Gasteiger partial charge in [-0.25, -0.2) is 0 Å². The number of alkyl halides is 3. The topological polar surface area (TPSA) is 86.9 Å². The molecule has 3 rings (SSSR count). The molecule has 0 saturated heterocycles. The SMILES string of the molecule is CN(C)Cc1ccccc1CON=C(N)N(C)C(=O)c1cc2c(C(F)(F)F)cccc2[nH]1. The van der Waals surface area contributed by atoms with Crippen LogP contribution in [0.2, 0.25) is 0 Å². The van der Waals surface area contributed by atoms with Gasteiger partial charge in [0, 0.05) is 24.5 Å². The number of hydrogen-bond acceptors (Lipinski definition) is 4. The molecule has 0 aliphatic rings. The van der Waals surface area contributed by atoms with Crippen LogP contribution in [0.1, 0.15) is 27.2 Å². The third kappa shape index (κ3) is 5.20. The van der Waals surface area contributed by atoms with Crippen molar-refractivity contribution in [2.24, 2.45) is 10.9 Å². The Morgan fingerprint density at radius 3 is 2.44 bits per heavy atom. The number of rotatable bonds is 6. The Morgan fingerprint density at radius 1 is 1.09 bits per heavy atom. The molecule has 0 aliphatic heterocycles. The number of halogens is 3. The van der Waals surface area contributed by atoms with Crippen LogP contribution in [-0.4, -0.2) is 47.8 Å². The van der Waals surface area contributed by atoms with Gasteiger partial charge in [-0.2, -0.15) is 13.2 Å². The Bertz CT molecular complexity index is 1140. The van der Waals surface area contributed by atoms with Gasteiger partial charge in [-0.3, -0.25) is 9.69 Å². The number of H-pyrrole nitrogens is 1. The monoisotopic (exact) mass is 447 g/mol. The molecule has 0 spiro atoms. The fourth-order valence-electron chi connectivity index (χ4n) is 3.22. The molecule has 1 heterocycles. The van der Waals surface area contributed by atoms with Gasteiger partial charge in [0.05, 0.1) is 5.56 Å². The fraction of sp³-hybridized carbons (Fsp3) is 0.273. The maximum absolute atomic E-state index is 13.2. The first-order chi connectivity index (χ1) is 15.1. The zero-order valence-electron chi connectivity index (χ0n) is 17.9. The second-order valence-electron chi connectivity index (χ2n) is 7.54. The van der Waals surface area contributed by atoms with E-state index in [0.717, 1.165) is 34.7 Å². The zero-order valence-corrected chi connectivity index (χ0v) is 17.9. The Labute approximate surface area is 183 Å². The highest BCUT2D eigenvalue weighted by atomic mass is 19.4. The quantitative estimate of drug-likeness (QED) is 0.342. The van der Waals surface area contributed by atoms with E-state index >= 15 is 0 Å². The van der Waals surface area contributed by atoms with Crippen LogP contribution < -0.4 is 5.73 Å². The number of nitrogens with two attached hydrogens (primary N) is 1. The molecule has 32 heavy (non-hydrogen) atoms. The Balaban J connectivity index is 1.73. The van der Waals surface area contributed by atoms with Crippen molar-refractivity contribution in [1.29, 1.82) is 0 Å². The lowest BCUT2D eigenvalue weighted by Gasteiger charge is -2.15. The Kier molecular flexibility index (Phi) is 6.73. The van der Waals surface area contributed by atoms with Crippen molar-refractivity contribution in [2.45, 2.75) is 19.3 Å². The van der Waals surface area contributed by atoms with Crippen molar-refractivity contribution in [1.82, 2.24) is 14.8 Å². The van der Waals surface area contributed by atoms with Crippen LogP contribution in [0.25, 0.3) is 10.9 Å². The standard InChI is InChI=1S/C22H24F3N5O2/c1-29(2)12-14-7-4-5-8-15(14)13-32-28-21(26)30(3)20(31)19-11-16-17(22(23,24)25)9-6-10-18(16)27-19/h4-11,27H,12-13H2,1-3H3,(H2,26,28). The summed E-state index contributed by atoms with van der Waals surface area (Å²) >= 11 is 0. The Hall–Kier alpha value is -3.53. The number of fused-ring (bicyclic) bond motifs is 1. The van der Waals surface area contributed by atoms with E-state index in [1.54, 1.807) is 0 Å². The van der Waals surface area contributed by atoms with Crippen molar-refractivity contribution < 1.29 is 22.8 Å². The minimum atomic E-state index is -4.54. The summed E-state index contributed by atoms with van der Waals surface area (Å²) < 4.78 is 39.7. The number of aromatic nitrogens is 1. The van der Waals surface area contributed by atoms with Gasteiger partial charge in [0.15, 0.2) is 0 Å². The number of amides is 1. The number of carbonyl (C=O) groups excluding carboxylic acids is 1. The van der Waals surface area contributed by atoms with E-state index < -0.39 is 17.6 Å². The number of benzene rings is 2. The number of hydrogen-bond donors (Lipinski definition) is 2. The van der Waals surface area contributed by atoms with E-state index in [1.807, 2.05) is 43.3 Å². The highest BCUT2D eigenvalue weighted by molar-refractivity contribution is 6.06. The van der Waals surface area contributed by atoms with Gasteiger partial charge in [-0.1, -0.05) is 30.3 Å². The van der Waals surface area contributed by atoms with E-state index in [9.17, 15) is 18.0 Å². The van der Waals surface area contributed by atoms with E-state index in [0.29, 0.717) is 0 Å². The number of carbonyl (C=O) groups is 1. The summed E-state index contributed by atoms with van der Waals surface area (Å²) in [5.41, 5.74) is 7.17. The minimum Gasteiger partial charge on any atom is -0.388 e. The van der Waals surface area contributed by atoms with E-state index in [1.165, 1.54) is 19.2 Å². The molecule has 170 valence electrons. The van der Waals surface area contributed by atoms with Gasteiger partial charge in [0.2, 0.25) is 5.96 Å². The molecule has 0 radical (unpaired) electrons. The molecule has 0 atom stereocenters. The molecule has 0 aliphatic carbocycles. The molecular formula is C22H24F3N5O2. The van der Waals surface area contributed by atoms with Crippen molar-refractivity contribution in [3.05, 3.63) is 70.9 Å². The molecule has 3 N–H and O–H groups in total. The van der Waals surface area contributed by atoms with Crippen molar-refractivity contribution in [2.75, 3.05) is 21.1 Å². The lowest BCUT2D eigenvalue weighted by atomic mass is 10.1. The summed E-state index contributed by atoms with van der Waals surface area (Å²) in [6, 6.07) is 12.6. The molecule has 1 aromatic heterocycles. The van der Waals surface area contributed by atoms with Gasteiger partial charge in [0.25, 0.3) is 5.91 Å². The van der Waals surface area contributed by atoms with Crippen LogP contribution >= 0.6 is 0 Å². The first-order valence-corrected chi connectivity index (χ1v) is 9.72. The summed E-state index contributed by atoms with van der Waals surface area (Å²) in [6.07, 6.45) is -4.54. The van der Waals surface area contributed by atoms with Gasteiger partial charge in [0.1, 0.15) is 12.3 Å². The Morgan fingerprint density at radius 2 is 1.78 bits per heavy atom. The van der Waals surface area contributed by atoms with E-state index in [4.69, 9.17) is 10.6 Å². The minimum absolute atomic E-state index is 0.0475. The van der Waals surface area contributed by atoms with Crippen molar-refractivity contribution in [3.63, 3.8) is 0 Å². The van der Waals surface area contributed by atoms with E-state index in [-0.39, 0.29) is 29.2 Å². The number of guanidine groups is 1. The van der Waals surface area contributed by atoms with Crippen LogP contribution in [0, 0.1) is 0 Å². The second-order valence-corrected chi connectivity index (χ2v) is 7.54. The van der Waals surface area contributed by atoms with Crippen LogP contribution in [-0.2, 0) is 24.2 Å². The van der Waals surface area contributed by atoms with Crippen LogP contribution in [0.3, 0.4) is 0 Å². The molecule has 2 aromatic carbocycles. The van der Waals surface area contributed by atoms with Crippen molar-refractivity contribution in [3.8, 4) is 0 Å². The summed E-state index contributed by atoms with van der Waals surface area (Å²) in [5, 5.41) is 3.69. The summed E-state index contributed by atoms with van der Waals surface area (Å²) in [5.74, 6) is -0.873. The largest absolute Gasteiger partial charge is 0.417 e. The maximum Gasteiger partial charge on any atom is 0.417 e. The summed E-state index contributed by atoms with van der Waals surface area (Å²) in [7, 11) is 5.27. The van der Waals surface area contributed by atoms with Crippen LogP contribution in [0.5, 0.6) is 0 Å². The fourth-order valence-corrected chi connectivity index (χ4v) is 3.22. The normalized spacial score (nSPS) is 12.4. The smallest absolute Gasteiger partial charge is 0.388 e. The summed E-state index contributed by atoms with van der Waals surface area (Å²) in [4.78, 5) is 23.8. The van der Waals surface area contributed by atoms with Gasteiger partial charge >= 0.3 is 6.18 Å². The molecule has 0 bridgehead atoms. The van der Waals surface area contributed by atoms with Gasteiger partial charge < -0.3 is 20.5 Å². The predicted molar refractivity (Wildman–Crippen MR) is 116 cm³/mol.